The highest BCUT2D eigenvalue weighted by atomic mass is 32.2. The lowest BCUT2D eigenvalue weighted by atomic mass is 10.1. The lowest BCUT2D eigenvalue weighted by Crippen LogP contribution is -2.13. The van der Waals surface area contributed by atoms with Crippen molar-refractivity contribution < 1.29 is 17.5 Å². The standard InChI is InChI=1S/C19H15FN4O3S/c1-12-5-13(18-9-17(20)14(10-21)11-23-18)7-15(6-12)24-28(25,26)16-3-4-22-19(8-16)27-2/h3-9,11,24H,1-2H3. The molecule has 0 saturated heterocycles. The van der Waals surface area contributed by atoms with Gasteiger partial charge < -0.3 is 4.74 Å². The molecule has 2 aromatic heterocycles. The second-order valence-electron chi connectivity index (χ2n) is 5.89. The number of hydrogen-bond donors (Lipinski definition) is 1. The molecule has 2 heterocycles. The van der Waals surface area contributed by atoms with Crippen LogP contribution >= 0.6 is 0 Å². The summed E-state index contributed by atoms with van der Waals surface area (Å²) < 4.78 is 46.7. The molecule has 0 bridgehead atoms. The number of hydrogen-bond acceptors (Lipinski definition) is 6. The van der Waals surface area contributed by atoms with Crippen molar-refractivity contribution in [3.8, 4) is 23.2 Å². The summed E-state index contributed by atoms with van der Waals surface area (Å²) in [4.78, 5) is 7.95. The van der Waals surface area contributed by atoms with Crippen LogP contribution in [0.2, 0.25) is 0 Å². The van der Waals surface area contributed by atoms with Crippen molar-refractivity contribution in [3.05, 3.63) is 65.7 Å². The van der Waals surface area contributed by atoms with E-state index in [2.05, 4.69) is 14.7 Å². The lowest BCUT2D eigenvalue weighted by molar-refractivity contribution is 0.396. The van der Waals surface area contributed by atoms with Gasteiger partial charge in [0, 0.05) is 35.8 Å². The fourth-order valence-electron chi connectivity index (χ4n) is 2.54. The summed E-state index contributed by atoms with van der Waals surface area (Å²) in [5.74, 6) is -0.523. The first-order valence-electron chi connectivity index (χ1n) is 8.03. The highest BCUT2D eigenvalue weighted by molar-refractivity contribution is 7.92. The number of nitrogens with one attached hydrogen (secondary N) is 1. The fraction of sp³-hybridized carbons (Fsp3) is 0.105. The van der Waals surface area contributed by atoms with Gasteiger partial charge in [0.05, 0.1) is 17.7 Å². The summed E-state index contributed by atoms with van der Waals surface area (Å²) in [7, 11) is -2.50. The maximum absolute atomic E-state index is 13.9. The Morgan fingerprint density at radius 2 is 1.96 bits per heavy atom. The molecule has 0 radical (unpaired) electrons. The number of methoxy groups -OCH3 is 1. The molecule has 3 rings (SSSR count). The van der Waals surface area contributed by atoms with E-state index in [1.165, 1.54) is 31.5 Å². The number of sulfonamides is 1. The molecular weight excluding hydrogens is 383 g/mol. The van der Waals surface area contributed by atoms with Gasteiger partial charge in [-0.05, 0) is 36.8 Å². The topological polar surface area (TPSA) is 105 Å². The van der Waals surface area contributed by atoms with Gasteiger partial charge in [0.1, 0.15) is 17.4 Å². The van der Waals surface area contributed by atoms with Crippen LogP contribution in [0, 0.1) is 24.1 Å². The first-order valence-corrected chi connectivity index (χ1v) is 9.51. The molecule has 3 aromatic rings. The Balaban J connectivity index is 1.97. The Bertz CT molecular complexity index is 1190. The zero-order valence-corrected chi connectivity index (χ0v) is 15.8. The number of nitriles is 1. The van der Waals surface area contributed by atoms with Crippen LogP contribution in [0.25, 0.3) is 11.3 Å². The van der Waals surface area contributed by atoms with E-state index in [-0.39, 0.29) is 27.7 Å². The van der Waals surface area contributed by atoms with Crippen LogP contribution in [0.5, 0.6) is 5.88 Å². The van der Waals surface area contributed by atoms with Gasteiger partial charge in [-0.3, -0.25) is 9.71 Å². The molecule has 0 saturated carbocycles. The first kappa shape index (κ1) is 19.3. The molecule has 1 N–H and O–H groups in total. The average Bonchev–Trinajstić information content (AvgIpc) is 2.67. The Kier molecular flexibility index (Phi) is 5.24. The van der Waals surface area contributed by atoms with Crippen LogP contribution in [0.1, 0.15) is 11.1 Å². The van der Waals surface area contributed by atoms with E-state index in [9.17, 15) is 12.8 Å². The van der Waals surface area contributed by atoms with Gasteiger partial charge in [0.2, 0.25) is 5.88 Å². The molecule has 0 fully saturated rings. The predicted molar refractivity (Wildman–Crippen MR) is 101 cm³/mol. The van der Waals surface area contributed by atoms with E-state index in [1.54, 1.807) is 25.1 Å². The van der Waals surface area contributed by atoms with Gasteiger partial charge in [-0.25, -0.2) is 17.8 Å². The Morgan fingerprint density at radius 3 is 2.64 bits per heavy atom. The van der Waals surface area contributed by atoms with E-state index in [0.29, 0.717) is 5.56 Å². The van der Waals surface area contributed by atoms with Crippen LogP contribution < -0.4 is 9.46 Å². The number of pyridine rings is 2. The minimum atomic E-state index is -3.89. The summed E-state index contributed by atoms with van der Waals surface area (Å²) >= 11 is 0. The van der Waals surface area contributed by atoms with Crippen LogP contribution in [0.15, 0.2) is 53.7 Å². The maximum Gasteiger partial charge on any atom is 0.262 e. The smallest absolute Gasteiger partial charge is 0.262 e. The normalized spacial score (nSPS) is 10.9. The van der Waals surface area contributed by atoms with Gasteiger partial charge in [-0.15, -0.1) is 0 Å². The molecular formula is C19H15FN4O3S. The first-order chi connectivity index (χ1) is 13.3. The van der Waals surface area contributed by atoms with Crippen molar-refractivity contribution in [1.82, 2.24) is 9.97 Å². The van der Waals surface area contributed by atoms with Crippen LogP contribution in [0.3, 0.4) is 0 Å². The van der Waals surface area contributed by atoms with Crippen molar-refractivity contribution in [2.45, 2.75) is 11.8 Å². The van der Waals surface area contributed by atoms with Crippen LogP contribution in [-0.4, -0.2) is 25.5 Å². The number of benzene rings is 1. The molecule has 0 aliphatic heterocycles. The van der Waals surface area contributed by atoms with Gasteiger partial charge in [-0.2, -0.15) is 5.26 Å². The monoisotopic (exact) mass is 398 g/mol. The molecule has 0 spiro atoms. The Labute approximate surface area is 161 Å². The number of ether oxygens (including phenoxy) is 1. The van der Waals surface area contributed by atoms with E-state index in [0.717, 1.165) is 17.8 Å². The third kappa shape index (κ3) is 4.07. The predicted octanol–water partition coefficient (Wildman–Crippen LogP) is 3.27. The molecule has 0 aliphatic rings. The number of rotatable bonds is 5. The van der Waals surface area contributed by atoms with Crippen molar-refractivity contribution >= 4 is 15.7 Å². The van der Waals surface area contributed by atoms with Crippen molar-refractivity contribution in [3.63, 3.8) is 0 Å². The third-order valence-corrected chi connectivity index (χ3v) is 5.20. The van der Waals surface area contributed by atoms with E-state index in [1.807, 2.05) is 0 Å². The van der Waals surface area contributed by atoms with Gasteiger partial charge in [0.15, 0.2) is 0 Å². The molecule has 0 amide bonds. The highest BCUT2D eigenvalue weighted by Gasteiger charge is 2.16. The molecule has 7 nitrogen and oxygen atoms in total. The van der Waals surface area contributed by atoms with E-state index in [4.69, 9.17) is 10.00 Å². The second-order valence-corrected chi connectivity index (χ2v) is 7.57. The van der Waals surface area contributed by atoms with Gasteiger partial charge in [-0.1, -0.05) is 0 Å². The Morgan fingerprint density at radius 1 is 1.18 bits per heavy atom. The number of anilines is 1. The number of aryl methyl sites for hydroxylation is 1. The largest absolute Gasteiger partial charge is 0.481 e. The third-order valence-electron chi connectivity index (χ3n) is 3.83. The van der Waals surface area contributed by atoms with Crippen molar-refractivity contribution in [1.29, 1.82) is 5.26 Å². The molecule has 142 valence electrons. The van der Waals surface area contributed by atoms with E-state index < -0.39 is 15.8 Å². The quantitative estimate of drug-likeness (QED) is 0.707. The molecule has 1 aromatic carbocycles. The zero-order chi connectivity index (χ0) is 20.3. The van der Waals surface area contributed by atoms with Crippen LogP contribution in [-0.2, 0) is 10.0 Å². The minimum absolute atomic E-state index is 0.00931. The second kappa shape index (κ2) is 7.62. The number of aromatic nitrogens is 2. The van der Waals surface area contributed by atoms with Crippen molar-refractivity contribution in [2.75, 3.05) is 11.8 Å². The molecule has 0 unspecified atom stereocenters. The summed E-state index contributed by atoms with van der Waals surface area (Å²) in [6.45, 7) is 1.77. The minimum Gasteiger partial charge on any atom is -0.481 e. The molecule has 0 atom stereocenters. The SMILES string of the molecule is COc1cc(S(=O)(=O)Nc2cc(C)cc(-c3cc(F)c(C#N)cn3)c2)ccn1. The highest BCUT2D eigenvalue weighted by Crippen LogP contribution is 2.26. The van der Waals surface area contributed by atoms with E-state index >= 15 is 0 Å². The summed E-state index contributed by atoms with van der Waals surface area (Å²) in [6, 6.07) is 10.4. The molecule has 0 aliphatic carbocycles. The number of nitrogens with zero attached hydrogens (tertiary/aromatic N) is 3. The fourth-order valence-corrected chi connectivity index (χ4v) is 3.59. The average molecular weight is 398 g/mol. The van der Waals surface area contributed by atoms with Crippen LogP contribution in [0.4, 0.5) is 10.1 Å². The number of halogens is 1. The summed E-state index contributed by atoms with van der Waals surface area (Å²) in [6.07, 6.45) is 2.47. The maximum atomic E-state index is 13.9. The summed E-state index contributed by atoms with van der Waals surface area (Å²) in [5, 5.41) is 8.82. The van der Waals surface area contributed by atoms with Gasteiger partial charge >= 0.3 is 0 Å². The lowest BCUT2D eigenvalue weighted by Gasteiger charge is -2.11. The molecule has 9 heteroatoms. The molecule has 28 heavy (non-hydrogen) atoms. The summed E-state index contributed by atoms with van der Waals surface area (Å²) in [5.41, 5.74) is 1.66. The zero-order valence-electron chi connectivity index (χ0n) is 15.0. The Hall–Kier alpha value is -3.51. The van der Waals surface area contributed by atoms with Gasteiger partial charge in [0.25, 0.3) is 10.0 Å². The van der Waals surface area contributed by atoms with Crippen molar-refractivity contribution in [2.24, 2.45) is 0 Å².